The fourth-order valence-electron chi connectivity index (χ4n) is 2.74. The van der Waals surface area contributed by atoms with Crippen molar-refractivity contribution in [2.45, 2.75) is 6.92 Å². The van der Waals surface area contributed by atoms with E-state index in [1.807, 2.05) is 29.6 Å². The lowest BCUT2D eigenvalue weighted by Gasteiger charge is -2.09. The highest BCUT2D eigenvalue weighted by Gasteiger charge is 2.17. The summed E-state index contributed by atoms with van der Waals surface area (Å²) in [5, 5.41) is 26.2. The van der Waals surface area contributed by atoms with Crippen LogP contribution in [0, 0.1) is 28.4 Å². The number of nitro benzene ring substituents is 1. The predicted octanol–water partition coefficient (Wildman–Crippen LogP) is 5.02. The number of rotatable bonds is 7. The van der Waals surface area contributed by atoms with E-state index >= 15 is 0 Å². The highest BCUT2D eigenvalue weighted by Crippen LogP contribution is 2.33. The molecule has 0 aliphatic heterocycles. The number of nitriles is 1. The van der Waals surface area contributed by atoms with E-state index in [0.717, 1.165) is 17.0 Å². The van der Waals surface area contributed by atoms with Gasteiger partial charge in [0.2, 0.25) is 0 Å². The maximum atomic E-state index is 11.1. The SMILES string of the molecule is COc1cccc(-c2csc(/C(C#N)=C/Nc3cc(OC)c([N+](=O)[O-])cc3C)n2)c1. The van der Waals surface area contributed by atoms with Crippen LogP contribution in [-0.2, 0) is 0 Å². The summed E-state index contributed by atoms with van der Waals surface area (Å²) in [4.78, 5) is 15.2. The Morgan fingerprint density at radius 1 is 1.30 bits per heavy atom. The lowest BCUT2D eigenvalue weighted by atomic mass is 10.1. The molecule has 0 fully saturated rings. The van der Waals surface area contributed by atoms with Crippen molar-refractivity contribution in [2.75, 3.05) is 19.5 Å². The quantitative estimate of drug-likeness (QED) is 0.323. The first-order chi connectivity index (χ1) is 14.5. The van der Waals surface area contributed by atoms with Gasteiger partial charge in [-0.25, -0.2) is 4.98 Å². The Morgan fingerprint density at radius 2 is 2.10 bits per heavy atom. The molecular formula is C21H18N4O4S. The molecule has 1 heterocycles. The highest BCUT2D eigenvalue weighted by atomic mass is 32.1. The zero-order valence-corrected chi connectivity index (χ0v) is 17.3. The van der Waals surface area contributed by atoms with Crippen LogP contribution in [0.5, 0.6) is 11.5 Å². The summed E-state index contributed by atoms with van der Waals surface area (Å²) in [6, 6.07) is 12.6. The topological polar surface area (TPSA) is 110 Å². The zero-order valence-electron chi connectivity index (χ0n) is 16.5. The van der Waals surface area contributed by atoms with Crippen molar-refractivity contribution in [3.63, 3.8) is 0 Å². The number of thiazole rings is 1. The van der Waals surface area contributed by atoms with Crippen LogP contribution in [0.4, 0.5) is 11.4 Å². The van der Waals surface area contributed by atoms with Gasteiger partial charge in [-0.05, 0) is 24.6 Å². The Kier molecular flexibility index (Phi) is 6.29. The standard InChI is InChI=1S/C21H18N4O4S/c1-13-7-19(25(26)27)20(29-3)9-17(13)23-11-15(10-22)21-24-18(12-30-21)14-5-4-6-16(8-14)28-2/h4-9,11-12,23H,1-3H3/b15-11+. The molecule has 152 valence electrons. The second-order valence-electron chi connectivity index (χ2n) is 6.18. The van der Waals surface area contributed by atoms with Gasteiger partial charge in [0.1, 0.15) is 22.4 Å². The van der Waals surface area contributed by atoms with E-state index in [4.69, 9.17) is 9.47 Å². The lowest BCUT2D eigenvalue weighted by Crippen LogP contribution is -1.99. The van der Waals surface area contributed by atoms with Crippen LogP contribution in [0.15, 0.2) is 48.0 Å². The molecule has 30 heavy (non-hydrogen) atoms. The van der Waals surface area contributed by atoms with Gasteiger partial charge in [-0.15, -0.1) is 11.3 Å². The van der Waals surface area contributed by atoms with E-state index in [-0.39, 0.29) is 11.4 Å². The van der Waals surface area contributed by atoms with Crippen LogP contribution in [0.25, 0.3) is 16.8 Å². The summed E-state index contributed by atoms with van der Waals surface area (Å²) in [6.45, 7) is 1.74. The Morgan fingerprint density at radius 3 is 2.77 bits per heavy atom. The first-order valence-corrected chi connectivity index (χ1v) is 9.65. The third-order valence-electron chi connectivity index (χ3n) is 4.32. The molecular weight excluding hydrogens is 404 g/mol. The molecule has 0 atom stereocenters. The highest BCUT2D eigenvalue weighted by molar-refractivity contribution is 7.11. The van der Waals surface area contributed by atoms with Gasteiger partial charge in [0, 0.05) is 35.0 Å². The van der Waals surface area contributed by atoms with Crippen LogP contribution in [0.3, 0.4) is 0 Å². The second kappa shape index (κ2) is 9.07. The minimum absolute atomic E-state index is 0.118. The fraction of sp³-hybridized carbons (Fsp3) is 0.143. The summed E-state index contributed by atoms with van der Waals surface area (Å²) in [7, 11) is 2.97. The van der Waals surface area contributed by atoms with E-state index in [9.17, 15) is 15.4 Å². The molecule has 2 aromatic carbocycles. The molecule has 0 aliphatic rings. The second-order valence-corrected chi connectivity index (χ2v) is 7.04. The number of nitro groups is 1. The first kappa shape index (κ1) is 20.8. The van der Waals surface area contributed by atoms with E-state index < -0.39 is 4.92 Å². The number of nitrogens with zero attached hydrogens (tertiary/aromatic N) is 3. The fourth-order valence-corrected chi connectivity index (χ4v) is 3.53. The molecule has 3 rings (SSSR count). The number of hydrogen-bond donors (Lipinski definition) is 1. The van der Waals surface area contributed by atoms with Gasteiger partial charge in [0.25, 0.3) is 0 Å². The van der Waals surface area contributed by atoms with Gasteiger partial charge in [-0.1, -0.05) is 12.1 Å². The number of benzene rings is 2. The van der Waals surface area contributed by atoms with E-state index in [1.54, 1.807) is 14.0 Å². The van der Waals surface area contributed by atoms with Gasteiger partial charge in [0.05, 0.1) is 24.8 Å². The maximum Gasteiger partial charge on any atom is 0.311 e. The molecule has 0 unspecified atom stereocenters. The van der Waals surface area contributed by atoms with Crippen LogP contribution in [0.1, 0.15) is 10.6 Å². The number of allylic oxidation sites excluding steroid dienone is 1. The van der Waals surface area contributed by atoms with Gasteiger partial charge in [-0.3, -0.25) is 10.1 Å². The summed E-state index contributed by atoms with van der Waals surface area (Å²) < 4.78 is 10.3. The number of nitrogens with one attached hydrogen (secondary N) is 1. The number of hydrogen-bond acceptors (Lipinski definition) is 8. The monoisotopic (exact) mass is 422 g/mol. The Bertz CT molecular complexity index is 1160. The number of ether oxygens (including phenoxy) is 2. The van der Waals surface area contributed by atoms with Crippen molar-refractivity contribution in [3.05, 3.63) is 68.7 Å². The van der Waals surface area contributed by atoms with E-state index in [2.05, 4.69) is 16.4 Å². The van der Waals surface area contributed by atoms with Crippen molar-refractivity contribution in [2.24, 2.45) is 0 Å². The molecule has 3 aromatic rings. The van der Waals surface area contributed by atoms with Gasteiger partial charge >= 0.3 is 5.69 Å². The van der Waals surface area contributed by atoms with Crippen LogP contribution < -0.4 is 14.8 Å². The Labute approximate surface area is 177 Å². The molecule has 9 heteroatoms. The van der Waals surface area contributed by atoms with Crippen LogP contribution in [-0.4, -0.2) is 24.1 Å². The molecule has 0 radical (unpaired) electrons. The zero-order chi connectivity index (χ0) is 21.7. The van der Waals surface area contributed by atoms with Crippen molar-refractivity contribution >= 4 is 28.3 Å². The molecule has 0 spiro atoms. The Balaban J connectivity index is 1.88. The smallest absolute Gasteiger partial charge is 0.311 e. The maximum absolute atomic E-state index is 11.1. The summed E-state index contributed by atoms with van der Waals surface area (Å²) in [6.07, 6.45) is 1.53. The van der Waals surface area contributed by atoms with Crippen molar-refractivity contribution in [3.8, 4) is 28.8 Å². The third-order valence-corrected chi connectivity index (χ3v) is 5.19. The van der Waals surface area contributed by atoms with E-state index in [1.165, 1.54) is 36.8 Å². The number of anilines is 1. The molecule has 0 amide bonds. The third kappa shape index (κ3) is 4.39. The summed E-state index contributed by atoms with van der Waals surface area (Å²) in [5.74, 6) is 0.858. The molecule has 0 bridgehead atoms. The number of aromatic nitrogens is 1. The number of aryl methyl sites for hydroxylation is 1. The van der Waals surface area contributed by atoms with Crippen LogP contribution in [0.2, 0.25) is 0 Å². The molecule has 0 saturated carbocycles. The minimum Gasteiger partial charge on any atom is -0.497 e. The average Bonchev–Trinajstić information content (AvgIpc) is 3.25. The summed E-state index contributed by atoms with van der Waals surface area (Å²) >= 11 is 1.35. The molecule has 8 nitrogen and oxygen atoms in total. The first-order valence-electron chi connectivity index (χ1n) is 8.77. The van der Waals surface area contributed by atoms with E-state index in [0.29, 0.717) is 21.8 Å². The number of methoxy groups -OCH3 is 2. The van der Waals surface area contributed by atoms with Gasteiger partial charge in [0.15, 0.2) is 5.75 Å². The van der Waals surface area contributed by atoms with Gasteiger partial charge < -0.3 is 14.8 Å². The lowest BCUT2D eigenvalue weighted by molar-refractivity contribution is -0.385. The molecule has 1 N–H and O–H groups in total. The molecule has 0 saturated heterocycles. The molecule has 0 aliphatic carbocycles. The van der Waals surface area contributed by atoms with Gasteiger partial charge in [-0.2, -0.15) is 5.26 Å². The normalized spacial score (nSPS) is 10.9. The average molecular weight is 422 g/mol. The van der Waals surface area contributed by atoms with Crippen molar-refractivity contribution in [1.82, 2.24) is 4.98 Å². The van der Waals surface area contributed by atoms with Crippen molar-refractivity contribution < 1.29 is 14.4 Å². The molecule has 1 aromatic heterocycles. The predicted molar refractivity (Wildman–Crippen MR) is 116 cm³/mol. The van der Waals surface area contributed by atoms with Crippen LogP contribution >= 0.6 is 11.3 Å². The van der Waals surface area contributed by atoms with Crippen molar-refractivity contribution in [1.29, 1.82) is 5.26 Å². The minimum atomic E-state index is -0.498. The largest absolute Gasteiger partial charge is 0.497 e. The Hall–Kier alpha value is -3.90. The summed E-state index contributed by atoms with van der Waals surface area (Å²) in [5.41, 5.74) is 3.09.